The Kier molecular flexibility index (Phi) is 7.54. The van der Waals surface area contributed by atoms with Gasteiger partial charge in [0, 0.05) is 25.5 Å². The van der Waals surface area contributed by atoms with Crippen molar-refractivity contribution in [3.63, 3.8) is 0 Å². The molecule has 0 radical (unpaired) electrons. The van der Waals surface area contributed by atoms with Gasteiger partial charge in [-0.1, -0.05) is 12.0 Å². The molecule has 0 aliphatic carbocycles. The molecule has 9 heteroatoms. The van der Waals surface area contributed by atoms with E-state index in [1.165, 1.54) is 14.2 Å². The fourth-order valence-electron chi connectivity index (χ4n) is 2.81. The minimum Gasteiger partial charge on any atom is -0.484 e. The van der Waals surface area contributed by atoms with Gasteiger partial charge in [0.05, 0.1) is 18.6 Å². The fraction of sp³-hybridized carbons (Fsp3) is 0.273. The van der Waals surface area contributed by atoms with Gasteiger partial charge in [0.15, 0.2) is 11.6 Å². The number of rotatable bonds is 10. The summed E-state index contributed by atoms with van der Waals surface area (Å²) in [6.45, 7) is 0.332. The Bertz CT molecular complexity index is 1100. The van der Waals surface area contributed by atoms with Crippen LogP contribution in [0.4, 0.5) is 20.3 Å². The molecule has 0 fully saturated rings. The van der Waals surface area contributed by atoms with Gasteiger partial charge in [-0.15, -0.1) is 6.42 Å². The van der Waals surface area contributed by atoms with Gasteiger partial charge in [0.2, 0.25) is 11.5 Å². The highest BCUT2D eigenvalue weighted by atomic mass is 19.1. The number of hydrogen-bond acceptors (Lipinski definition) is 7. The van der Waals surface area contributed by atoms with Crippen LogP contribution >= 0.6 is 0 Å². The number of anilines is 2. The molecule has 0 saturated heterocycles. The van der Waals surface area contributed by atoms with Gasteiger partial charge in [-0.2, -0.15) is 0 Å². The minimum absolute atomic E-state index is 0.00588. The van der Waals surface area contributed by atoms with Crippen molar-refractivity contribution in [2.24, 2.45) is 0 Å². The SMILES string of the molecule is C#Cc1cccc(Nc2ncnc3c(F)c(OCCOC)c(OCCOC)c(F)c23)c1. The second kappa shape index (κ2) is 10.5. The van der Waals surface area contributed by atoms with E-state index in [0.717, 1.165) is 6.33 Å². The van der Waals surface area contributed by atoms with Crippen LogP contribution in [-0.2, 0) is 9.47 Å². The lowest BCUT2D eigenvalue weighted by atomic mass is 10.1. The summed E-state index contributed by atoms with van der Waals surface area (Å²) in [5.74, 6) is 0.0427. The summed E-state index contributed by atoms with van der Waals surface area (Å²) in [5.41, 5.74) is 0.916. The molecular formula is C22H21F2N3O4. The van der Waals surface area contributed by atoms with E-state index in [9.17, 15) is 0 Å². The van der Waals surface area contributed by atoms with Crippen molar-refractivity contribution in [3.8, 4) is 23.8 Å². The van der Waals surface area contributed by atoms with E-state index in [-0.39, 0.29) is 43.1 Å². The third-order valence-corrected chi connectivity index (χ3v) is 4.24. The zero-order chi connectivity index (χ0) is 22.2. The second-order valence-electron chi connectivity index (χ2n) is 6.26. The van der Waals surface area contributed by atoms with E-state index in [1.54, 1.807) is 24.3 Å². The topological polar surface area (TPSA) is 74.7 Å². The molecule has 1 aromatic heterocycles. The molecule has 7 nitrogen and oxygen atoms in total. The Labute approximate surface area is 178 Å². The van der Waals surface area contributed by atoms with Gasteiger partial charge in [-0.25, -0.2) is 18.7 Å². The first kappa shape index (κ1) is 22.2. The summed E-state index contributed by atoms with van der Waals surface area (Å²) in [4.78, 5) is 7.99. The average molecular weight is 429 g/mol. The monoisotopic (exact) mass is 429 g/mol. The van der Waals surface area contributed by atoms with E-state index >= 15 is 8.78 Å². The predicted molar refractivity (Wildman–Crippen MR) is 112 cm³/mol. The van der Waals surface area contributed by atoms with Crippen LogP contribution < -0.4 is 14.8 Å². The Hall–Kier alpha value is -3.48. The summed E-state index contributed by atoms with van der Waals surface area (Å²) in [5, 5.41) is 2.78. The number of benzene rings is 2. The van der Waals surface area contributed by atoms with Crippen molar-refractivity contribution in [1.82, 2.24) is 9.97 Å². The first-order valence-corrected chi connectivity index (χ1v) is 9.33. The number of nitrogens with zero attached hydrogens (tertiary/aromatic N) is 2. The van der Waals surface area contributed by atoms with Gasteiger partial charge in [0.1, 0.15) is 30.9 Å². The standard InChI is InChI=1S/C22H21F2N3O4/c1-4-14-6-5-7-15(12-14)27-22-16-17(23)20(30-10-8-28-2)21(31-11-9-29-3)18(24)19(16)25-13-26-22/h1,5-7,12-13H,8-11H2,2-3H3,(H,25,26,27). The third kappa shape index (κ3) is 4.99. The Morgan fingerprint density at radius 3 is 2.29 bits per heavy atom. The van der Waals surface area contributed by atoms with Crippen LogP contribution in [0.5, 0.6) is 11.5 Å². The summed E-state index contributed by atoms with van der Waals surface area (Å²) in [6.07, 6.45) is 6.56. The van der Waals surface area contributed by atoms with E-state index in [2.05, 4.69) is 21.2 Å². The van der Waals surface area contributed by atoms with E-state index in [1.807, 2.05) is 0 Å². The van der Waals surface area contributed by atoms with Crippen molar-refractivity contribution in [1.29, 1.82) is 0 Å². The fourth-order valence-corrected chi connectivity index (χ4v) is 2.81. The lowest BCUT2D eigenvalue weighted by Crippen LogP contribution is -2.12. The molecule has 0 bridgehead atoms. The minimum atomic E-state index is -0.872. The summed E-state index contributed by atoms with van der Waals surface area (Å²) in [7, 11) is 2.94. The van der Waals surface area contributed by atoms with Gasteiger partial charge >= 0.3 is 0 Å². The normalized spacial score (nSPS) is 10.7. The van der Waals surface area contributed by atoms with Crippen molar-refractivity contribution in [3.05, 3.63) is 47.8 Å². The molecule has 0 unspecified atom stereocenters. The first-order valence-electron chi connectivity index (χ1n) is 9.33. The Morgan fingerprint density at radius 1 is 0.968 bits per heavy atom. The highest BCUT2D eigenvalue weighted by Crippen LogP contribution is 2.41. The predicted octanol–water partition coefficient (Wildman–Crippen LogP) is 3.68. The summed E-state index contributed by atoms with van der Waals surface area (Å²) >= 11 is 0. The number of ether oxygens (including phenoxy) is 4. The number of methoxy groups -OCH3 is 2. The van der Waals surface area contributed by atoms with E-state index in [0.29, 0.717) is 11.3 Å². The number of aromatic nitrogens is 2. The number of nitrogens with one attached hydrogen (secondary N) is 1. The number of terminal acetylenes is 1. The molecule has 162 valence electrons. The second-order valence-corrected chi connectivity index (χ2v) is 6.26. The zero-order valence-electron chi connectivity index (χ0n) is 17.1. The molecule has 31 heavy (non-hydrogen) atoms. The maximum absolute atomic E-state index is 15.6. The quantitative estimate of drug-likeness (QED) is 0.389. The van der Waals surface area contributed by atoms with Gasteiger partial charge < -0.3 is 24.3 Å². The highest BCUT2D eigenvalue weighted by molar-refractivity contribution is 5.94. The lowest BCUT2D eigenvalue weighted by molar-refractivity contribution is 0.128. The van der Waals surface area contributed by atoms with Crippen LogP contribution in [0.3, 0.4) is 0 Å². The maximum Gasteiger partial charge on any atom is 0.202 e. The largest absolute Gasteiger partial charge is 0.484 e. The number of halogens is 2. The zero-order valence-corrected chi connectivity index (χ0v) is 17.1. The molecular weight excluding hydrogens is 408 g/mol. The van der Waals surface area contributed by atoms with Crippen LogP contribution in [0.15, 0.2) is 30.6 Å². The van der Waals surface area contributed by atoms with Crippen molar-refractivity contribution in [2.45, 2.75) is 0 Å². The Balaban J connectivity index is 2.11. The molecule has 3 rings (SSSR count). The maximum atomic E-state index is 15.6. The third-order valence-electron chi connectivity index (χ3n) is 4.24. The lowest BCUT2D eigenvalue weighted by Gasteiger charge is -2.17. The molecule has 1 heterocycles. The van der Waals surface area contributed by atoms with Crippen molar-refractivity contribution < 1.29 is 27.7 Å². The van der Waals surface area contributed by atoms with Crippen molar-refractivity contribution in [2.75, 3.05) is 46.0 Å². The Morgan fingerprint density at radius 2 is 1.65 bits per heavy atom. The number of hydrogen-bond donors (Lipinski definition) is 1. The van der Waals surface area contributed by atoms with Gasteiger partial charge in [-0.05, 0) is 18.2 Å². The molecule has 1 N–H and O–H groups in total. The molecule has 0 spiro atoms. The van der Waals surface area contributed by atoms with Crippen molar-refractivity contribution >= 4 is 22.4 Å². The van der Waals surface area contributed by atoms with Gasteiger partial charge in [-0.3, -0.25) is 0 Å². The van der Waals surface area contributed by atoms with E-state index < -0.39 is 23.1 Å². The van der Waals surface area contributed by atoms with Crippen LogP contribution in [0.1, 0.15) is 5.56 Å². The molecule has 3 aromatic rings. The molecule has 0 amide bonds. The number of fused-ring (bicyclic) bond motifs is 1. The average Bonchev–Trinajstić information content (AvgIpc) is 2.79. The van der Waals surface area contributed by atoms with Crippen LogP contribution in [-0.4, -0.2) is 50.6 Å². The van der Waals surface area contributed by atoms with E-state index in [4.69, 9.17) is 25.4 Å². The molecule has 0 saturated carbocycles. The molecule has 0 atom stereocenters. The van der Waals surface area contributed by atoms with Gasteiger partial charge in [0.25, 0.3) is 0 Å². The van der Waals surface area contributed by atoms with Crippen LogP contribution in [0.2, 0.25) is 0 Å². The molecule has 2 aromatic carbocycles. The summed E-state index contributed by atoms with van der Waals surface area (Å²) < 4.78 is 51.6. The summed E-state index contributed by atoms with van der Waals surface area (Å²) in [6, 6.07) is 6.88. The van der Waals surface area contributed by atoms with Crippen LogP contribution in [0, 0.1) is 24.0 Å². The highest BCUT2D eigenvalue weighted by Gasteiger charge is 2.26. The molecule has 0 aliphatic heterocycles. The van der Waals surface area contributed by atoms with Crippen LogP contribution in [0.25, 0.3) is 10.9 Å². The molecule has 0 aliphatic rings. The smallest absolute Gasteiger partial charge is 0.202 e. The first-order chi connectivity index (χ1) is 15.1.